The van der Waals surface area contributed by atoms with Crippen molar-refractivity contribution in [1.82, 2.24) is 15.1 Å². The van der Waals surface area contributed by atoms with Gasteiger partial charge >= 0.3 is 0 Å². The molecule has 0 saturated heterocycles. The highest BCUT2D eigenvalue weighted by Gasteiger charge is 2.37. The number of nitrogens with zero attached hydrogens (tertiary/aromatic N) is 3. The summed E-state index contributed by atoms with van der Waals surface area (Å²) in [5, 5.41) is 12.5. The molecule has 4 heterocycles. The highest BCUT2D eigenvalue weighted by molar-refractivity contribution is 8.00. The number of anilines is 1. The number of amides is 2. The molecular formula is C30H25ClN4O4S2. The Balaban J connectivity index is 1.52. The van der Waals surface area contributed by atoms with Crippen LogP contribution in [0.15, 0.2) is 88.2 Å². The molecule has 2 aromatic carbocycles. The molecule has 6 rings (SSSR count). The third-order valence-corrected chi connectivity index (χ3v) is 8.92. The number of rotatable bonds is 8. The van der Waals surface area contributed by atoms with Gasteiger partial charge in [-0.15, -0.1) is 11.8 Å². The van der Waals surface area contributed by atoms with Crippen LogP contribution in [0.4, 0.5) is 5.82 Å². The van der Waals surface area contributed by atoms with Gasteiger partial charge in [0.2, 0.25) is 11.8 Å². The summed E-state index contributed by atoms with van der Waals surface area (Å²) in [5.41, 5.74) is 4.23. The molecule has 1 aliphatic heterocycles. The number of ether oxygens (including phenoxy) is 1. The minimum absolute atomic E-state index is 0.175. The molecule has 41 heavy (non-hydrogen) atoms. The van der Waals surface area contributed by atoms with Crippen molar-refractivity contribution in [3.8, 4) is 22.7 Å². The zero-order chi connectivity index (χ0) is 28.3. The normalized spacial score (nSPS) is 14.9. The maximum atomic E-state index is 13.8. The smallest absolute Gasteiger partial charge is 0.240 e. The van der Waals surface area contributed by atoms with Crippen LogP contribution in [0, 0.1) is 0 Å². The van der Waals surface area contributed by atoms with Crippen molar-refractivity contribution in [2.75, 3.05) is 24.3 Å². The van der Waals surface area contributed by atoms with Crippen LogP contribution in [0.1, 0.15) is 22.1 Å². The molecule has 11 heteroatoms. The summed E-state index contributed by atoms with van der Waals surface area (Å²) in [4.78, 5) is 28.5. The monoisotopic (exact) mass is 604 g/mol. The van der Waals surface area contributed by atoms with E-state index in [4.69, 9.17) is 25.9 Å². The first-order valence-electron chi connectivity index (χ1n) is 12.8. The van der Waals surface area contributed by atoms with E-state index in [0.29, 0.717) is 28.0 Å². The van der Waals surface area contributed by atoms with Gasteiger partial charge in [0.15, 0.2) is 0 Å². The predicted molar refractivity (Wildman–Crippen MR) is 162 cm³/mol. The van der Waals surface area contributed by atoms with Crippen molar-refractivity contribution in [3.63, 3.8) is 0 Å². The number of carbonyl (C=O) groups excluding carboxylic acids is 2. The molecule has 0 aliphatic carbocycles. The lowest BCUT2D eigenvalue weighted by Crippen LogP contribution is -2.42. The van der Waals surface area contributed by atoms with Gasteiger partial charge in [-0.1, -0.05) is 23.7 Å². The number of hydrogen-bond acceptors (Lipinski definition) is 7. The Kier molecular flexibility index (Phi) is 7.86. The number of methoxy groups -OCH3 is 1. The largest absolute Gasteiger partial charge is 0.497 e. The molecule has 0 radical (unpaired) electrons. The lowest BCUT2D eigenvalue weighted by molar-refractivity contribution is -0.123. The van der Waals surface area contributed by atoms with E-state index >= 15 is 0 Å². The number of hydrogen-bond donors (Lipinski definition) is 1. The van der Waals surface area contributed by atoms with Gasteiger partial charge in [0.05, 0.1) is 42.3 Å². The van der Waals surface area contributed by atoms with Gasteiger partial charge in [-0.2, -0.15) is 16.4 Å². The second-order valence-corrected chi connectivity index (χ2v) is 11.6. The molecule has 0 fully saturated rings. The fourth-order valence-corrected chi connectivity index (χ4v) is 6.82. The molecule has 3 aromatic heterocycles. The Morgan fingerprint density at radius 3 is 2.63 bits per heavy atom. The van der Waals surface area contributed by atoms with Crippen LogP contribution in [0.5, 0.6) is 5.75 Å². The number of thioether (sulfide) groups is 1. The lowest BCUT2D eigenvalue weighted by Gasteiger charge is -2.23. The number of nitrogens with one attached hydrogen (secondary N) is 1. The highest BCUT2D eigenvalue weighted by atomic mass is 35.5. The van der Waals surface area contributed by atoms with Gasteiger partial charge in [0.1, 0.15) is 23.9 Å². The van der Waals surface area contributed by atoms with E-state index < -0.39 is 0 Å². The summed E-state index contributed by atoms with van der Waals surface area (Å²) in [6.07, 6.45) is 1.56. The second kappa shape index (κ2) is 11.9. The molecule has 1 N–H and O–H groups in total. The molecular weight excluding hydrogens is 580 g/mol. The summed E-state index contributed by atoms with van der Waals surface area (Å²) < 4.78 is 12.5. The number of furan rings is 1. The summed E-state index contributed by atoms with van der Waals surface area (Å²) >= 11 is 9.36. The number of benzene rings is 2. The average molecular weight is 605 g/mol. The first-order valence-corrected chi connectivity index (χ1v) is 15.1. The number of thiophene rings is 1. The maximum absolute atomic E-state index is 13.8. The summed E-state index contributed by atoms with van der Waals surface area (Å²) in [5.74, 6) is 1.59. The standard InChI is InChI=1S/C30H25ClN4O4S2/c1-38-23-10-8-22(9-11-23)35-30-27(28(33-35)19-4-6-21(31)7-5-19)29(20-12-14-40-17-20)41-18-26(37)34(30)16-25(36)32-15-24-3-2-13-39-24/h2-14,17,29H,15-16,18H2,1H3,(H,32,36)/t29-/m1/s1. The van der Waals surface area contributed by atoms with Crippen molar-refractivity contribution in [3.05, 3.63) is 106 Å². The predicted octanol–water partition coefficient (Wildman–Crippen LogP) is 6.34. The van der Waals surface area contributed by atoms with Crippen LogP contribution in [0.2, 0.25) is 5.02 Å². The Morgan fingerprint density at radius 2 is 1.95 bits per heavy atom. The summed E-state index contributed by atoms with van der Waals surface area (Å²) in [6, 6.07) is 20.6. The molecule has 1 atom stereocenters. The zero-order valence-electron chi connectivity index (χ0n) is 22.0. The molecule has 0 saturated carbocycles. The van der Waals surface area contributed by atoms with Crippen molar-refractivity contribution in [2.45, 2.75) is 11.8 Å². The number of fused-ring (bicyclic) bond motifs is 1. The van der Waals surface area contributed by atoms with Crippen molar-refractivity contribution < 1.29 is 18.7 Å². The molecule has 0 spiro atoms. The SMILES string of the molecule is COc1ccc(-n2nc(-c3ccc(Cl)cc3)c3c2N(CC(=O)NCc2ccco2)C(=O)CS[C@@H]3c2ccsc2)cc1. The molecule has 5 aromatic rings. The molecule has 0 unspecified atom stereocenters. The van der Waals surface area contributed by atoms with Crippen LogP contribution in [-0.4, -0.2) is 41.0 Å². The zero-order valence-corrected chi connectivity index (χ0v) is 24.3. The Bertz CT molecular complexity index is 1650. The fraction of sp³-hybridized carbons (Fsp3) is 0.167. The van der Waals surface area contributed by atoms with E-state index in [2.05, 4.69) is 16.8 Å². The van der Waals surface area contributed by atoms with Crippen molar-refractivity contribution in [1.29, 1.82) is 0 Å². The van der Waals surface area contributed by atoms with E-state index in [0.717, 1.165) is 22.4 Å². The quantitative estimate of drug-likeness (QED) is 0.222. The average Bonchev–Trinajstić information content (AvgIpc) is 3.77. The molecule has 8 nitrogen and oxygen atoms in total. The molecule has 1 aliphatic rings. The van der Waals surface area contributed by atoms with Gasteiger partial charge < -0.3 is 14.5 Å². The molecule has 2 amide bonds. The fourth-order valence-electron chi connectivity index (χ4n) is 4.73. The van der Waals surface area contributed by atoms with Crippen molar-refractivity contribution in [2.24, 2.45) is 0 Å². The first-order chi connectivity index (χ1) is 20.0. The topological polar surface area (TPSA) is 89.6 Å². The minimum atomic E-state index is -0.310. The van der Waals surface area contributed by atoms with Gasteiger partial charge in [0, 0.05) is 16.1 Å². The Hall–Kier alpha value is -3.99. The third-order valence-electron chi connectivity index (χ3n) is 6.71. The second-order valence-electron chi connectivity index (χ2n) is 9.29. The van der Waals surface area contributed by atoms with Gasteiger partial charge in [-0.25, -0.2) is 4.68 Å². The minimum Gasteiger partial charge on any atom is -0.497 e. The van der Waals surface area contributed by atoms with Crippen LogP contribution >= 0.6 is 34.7 Å². The van der Waals surface area contributed by atoms with E-state index in [9.17, 15) is 9.59 Å². The summed E-state index contributed by atoms with van der Waals surface area (Å²) in [6.45, 7) is 0.0477. The third kappa shape index (κ3) is 5.63. The van der Waals surface area contributed by atoms with Crippen LogP contribution in [0.25, 0.3) is 16.9 Å². The van der Waals surface area contributed by atoms with Crippen LogP contribution in [-0.2, 0) is 16.1 Å². The summed E-state index contributed by atoms with van der Waals surface area (Å²) in [7, 11) is 1.61. The number of carbonyl (C=O) groups is 2. The van der Waals surface area contributed by atoms with Gasteiger partial charge in [-0.05, 0) is 70.9 Å². The molecule has 0 bridgehead atoms. The highest BCUT2D eigenvalue weighted by Crippen LogP contribution is 2.49. The van der Waals surface area contributed by atoms with Crippen LogP contribution < -0.4 is 15.0 Å². The van der Waals surface area contributed by atoms with Gasteiger partial charge in [-0.3, -0.25) is 14.5 Å². The Morgan fingerprint density at radius 1 is 1.15 bits per heavy atom. The molecule has 208 valence electrons. The maximum Gasteiger partial charge on any atom is 0.240 e. The lowest BCUT2D eigenvalue weighted by atomic mass is 10.0. The van der Waals surface area contributed by atoms with E-state index in [1.807, 2.05) is 53.9 Å². The van der Waals surface area contributed by atoms with E-state index in [1.165, 1.54) is 11.8 Å². The van der Waals surface area contributed by atoms with E-state index in [1.54, 1.807) is 46.4 Å². The van der Waals surface area contributed by atoms with Crippen molar-refractivity contribution >= 4 is 52.3 Å². The Labute approximate surface area is 249 Å². The number of aromatic nitrogens is 2. The van der Waals surface area contributed by atoms with Crippen LogP contribution in [0.3, 0.4) is 0 Å². The van der Waals surface area contributed by atoms with Gasteiger partial charge in [0.25, 0.3) is 0 Å². The number of halogens is 1. The first kappa shape index (κ1) is 27.2. The van der Waals surface area contributed by atoms with E-state index in [-0.39, 0.29) is 35.9 Å².